The van der Waals surface area contributed by atoms with Crippen molar-refractivity contribution in [1.29, 1.82) is 5.26 Å². The van der Waals surface area contributed by atoms with E-state index in [0.717, 1.165) is 12.8 Å². The van der Waals surface area contributed by atoms with Crippen molar-refractivity contribution in [2.24, 2.45) is 17.9 Å². The highest BCUT2D eigenvalue weighted by molar-refractivity contribution is 7.92. The van der Waals surface area contributed by atoms with E-state index in [1.807, 2.05) is 27.7 Å². The molecule has 2 aromatic carbocycles. The smallest absolute Gasteiger partial charge is 0.274 e. The number of aromatic amines is 1. The number of nitrogens with one attached hydrogen (secondary N) is 3. The molecule has 0 bridgehead atoms. The van der Waals surface area contributed by atoms with Crippen LogP contribution in [0.15, 0.2) is 95.2 Å². The van der Waals surface area contributed by atoms with E-state index in [1.54, 1.807) is 93.5 Å². The molecule has 1 saturated carbocycles. The highest BCUT2D eigenvalue weighted by Crippen LogP contribution is 2.55. The van der Waals surface area contributed by atoms with Gasteiger partial charge in [0.1, 0.15) is 35.8 Å². The first-order valence-corrected chi connectivity index (χ1v) is 24.0. The lowest BCUT2D eigenvalue weighted by Crippen LogP contribution is -2.74. The summed E-state index contributed by atoms with van der Waals surface area (Å²) < 4.78 is 48.8. The number of hydrogen-bond donors (Lipinski definition) is 3. The third-order valence-electron chi connectivity index (χ3n) is 12.7. The van der Waals surface area contributed by atoms with Crippen molar-refractivity contribution in [3.63, 3.8) is 0 Å². The molecule has 6 aromatic rings. The third-order valence-corrected chi connectivity index (χ3v) is 14.4. The van der Waals surface area contributed by atoms with Gasteiger partial charge in [0, 0.05) is 102 Å². The summed E-state index contributed by atoms with van der Waals surface area (Å²) in [6.07, 6.45) is 9.23. The number of aromatic nitrogens is 5. The fourth-order valence-corrected chi connectivity index (χ4v) is 10.4. The van der Waals surface area contributed by atoms with Crippen molar-refractivity contribution < 1.29 is 27.4 Å². The van der Waals surface area contributed by atoms with E-state index >= 15 is 0 Å². The van der Waals surface area contributed by atoms with Crippen LogP contribution in [0.5, 0.6) is 11.5 Å². The molecule has 2 aliphatic rings. The number of amides is 1. The number of rotatable bonds is 15. The van der Waals surface area contributed by atoms with Gasteiger partial charge in [-0.05, 0) is 62.2 Å². The zero-order chi connectivity index (χ0) is 47.8. The second kappa shape index (κ2) is 18.5. The molecule has 350 valence electrons. The van der Waals surface area contributed by atoms with Gasteiger partial charge in [-0.15, -0.1) is 0 Å². The van der Waals surface area contributed by atoms with Crippen LogP contribution in [0.3, 0.4) is 0 Å². The number of H-pyrrole nitrogens is 1. The molecule has 17 nitrogen and oxygen atoms in total. The summed E-state index contributed by atoms with van der Waals surface area (Å²) in [5.41, 5.74) is 1.62. The number of fused-ring (bicyclic) bond motifs is 1. The molecule has 19 heteroatoms. The fraction of sp³-hybridized carbons (Fsp3) is 0.375. The predicted octanol–water partition coefficient (Wildman–Crippen LogP) is 6.44. The first kappa shape index (κ1) is 46.8. The number of carbonyl (C=O) groups excluding carboxylic acids is 1. The van der Waals surface area contributed by atoms with E-state index < -0.39 is 20.9 Å². The van der Waals surface area contributed by atoms with Crippen LogP contribution in [-0.4, -0.2) is 88.7 Å². The Kier molecular flexibility index (Phi) is 13.0. The number of benzene rings is 2. The Bertz CT molecular complexity index is 3100. The van der Waals surface area contributed by atoms with E-state index in [2.05, 4.69) is 36.0 Å². The minimum atomic E-state index is -3.60. The number of hydrogen-bond acceptors (Lipinski definition) is 12. The van der Waals surface area contributed by atoms with Gasteiger partial charge in [0.05, 0.1) is 40.3 Å². The molecule has 4 aromatic heterocycles. The molecule has 5 heterocycles. The fourth-order valence-electron chi connectivity index (χ4n) is 9.52. The molecule has 8 rings (SSSR count). The Morgan fingerprint density at radius 2 is 1.70 bits per heavy atom. The highest BCUT2D eigenvalue weighted by Gasteiger charge is 2.64. The number of aryl methyl sites for hydroxylation is 1. The van der Waals surface area contributed by atoms with Gasteiger partial charge in [0.15, 0.2) is 0 Å². The maximum absolute atomic E-state index is 13.6. The van der Waals surface area contributed by atoms with Gasteiger partial charge in [-0.2, -0.15) is 5.26 Å². The van der Waals surface area contributed by atoms with Crippen molar-refractivity contribution in [2.45, 2.75) is 65.7 Å². The zero-order valence-corrected chi connectivity index (χ0v) is 39.6. The number of ether oxygens (including phenoxy) is 3. The number of carbonyl (C=O) groups is 1. The first-order chi connectivity index (χ1) is 31.9. The average molecular weight is 951 g/mol. The minimum absolute atomic E-state index is 0.0130. The number of halogens is 1. The number of pyridine rings is 2. The molecular formula is C48H52ClN9O8S. The Morgan fingerprint density at radius 3 is 2.37 bits per heavy atom. The lowest BCUT2D eigenvalue weighted by Gasteiger charge is -2.63. The van der Waals surface area contributed by atoms with E-state index in [9.17, 15) is 28.1 Å². The van der Waals surface area contributed by atoms with Crippen LogP contribution in [0.1, 0.15) is 63.4 Å². The average Bonchev–Trinajstić information content (AvgIpc) is 3.81. The van der Waals surface area contributed by atoms with Crippen LogP contribution in [0.2, 0.25) is 5.02 Å². The maximum Gasteiger partial charge on any atom is 0.274 e. The van der Waals surface area contributed by atoms with Crippen molar-refractivity contribution in [1.82, 2.24) is 29.4 Å². The number of sulfonamides is 1. The number of nitriles is 1. The van der Waals surface area contributed by atoms with Gasteiger partial charge >= 0.3 is 0 Å². The van der Waals surface area contributed by atoms with Gasteiger partial charge in [0.25, 0.3) is 17.0 Å². The summed E-state index contributed by atoms with van der Waals surface area (Å²) in [7, 11) is -1.97. The number of anilines is 2. The molecule has 1 aliphatic carbocycles. The quantitative estimate of drug-likeness (QED) is 0.0949. The molecule has 2 fully saturated rings. The van der Waals surface area contributed by atoms with E-state index in [0.29, 0.717) is 86.7 Å². The van der Waals surface area contributed by atoms with Gasteiger partial charge in [-0.25, -0.2) is 18.4 Å². The summed E-state index contributed by atoms with van der Waals surface area (Å²) in [6, 6.07) is 16.6. The van der Waals surface area contributed by atoms with Gasteiger partial charge in [-0.3, -0.25) is 23.7 Å². The van der Waals surface area contributed by atoms with Crippen LogP contribution in [0.25, 0.3) is 27.7 Å². The van der Waals surface area contributed by atoms with Gasteiger partial charge in [-0.1, -0.05) is 39.3 Å². The Hall–Kier alpha value is -6.68. The van der Waals surface area contributed by atoms with Crippen LogP contribution in [0, 0.1) is 22.2 Å². The third kappa shape index (κ3) is 9.49. The summed E-state index contributed by atoms with van der Waals surface area (Å²) in [4.78, 5) is 54.0. The normalized spacial score (nSPS) is 17.9. The van der Waals surface area contributed by atoms with Crippen LogP contribution in [-0.2, 0) is 21.8 Å². The monoisotopic (exact) mass is 949 g/mol. The summed E-state index contributed by atoms with van der Waals surface area (Å²) in [5.74, 6) is 1.06. The molecule has 0 unspecified atom stereocenters. The van der Waals surface area contributed by atoms with Gasteiger partial charge < -0.3 is 34.0 Å². The van der Waals surface area contributed by atoms with Crippen LogP contribution in [0.4, 0.5) is 11.6 Å². The molecule has 1 amide bonds. The Morgan fingerprint density at radius 1 is 0.970 bits per heavy atom. The number of nitrogens with zero attached hydrogens (tertiary/aromatic N) is 6. The Labute approximate surface area is 392 Å². The lowest BCUT2D eigenvalue weighted by atomic mass is 9.49. The lowest BCUT2D eigenvalue weighted by molar-refractivity contribution is -0.164. The second-order valence-corrected chi connectivity index (χ2v) is 20.4. The van der Waals surface area contributed by atoms with Crippen molar-refractivity contribution in [2.75, 3.05) is 41.7 Å². The predicted molar refractivity (Wildman–Crippen MR) is 256 cm³/mol. The topological polar surface area (TPSA) is 216 Å². The molecule has 0 atom stereocenters. The van der Waals surface area contributed by atoms with E-state index in [1.165, 1.54) is 15.2 Å². The minimum Gasteiger partial charge on any atom is -0.491 e. The number of piperidine rings is 1. The maximum atomic E-state index is 13.6. The summed E-state index contributed by atoms with van der Waals surface area (Å²) in [6.45, 7) is 11.6. The highest BCUT2D eigenvalue weighted by atomic mass is 35.5. The SMILES string of the molecule is CCS(=O)(=O)Nc1ccc(-n2ccc(OCCOC3CCN(c4ncc(C(=O)NC5C(C)(C)C(Oc6ccc(C#N)c(Cl)c6)C5(C)C)cn4)CC3)cc2=O)c(-c2cn(C)c(=O)c3[nH]ccc23)c1. The summed E-state index contributed by atoms with van der Waals surface area (Å²) in [5, 5.41) is 13.3. The van der Waals surface area contributed by atoms with E-state index in [-0.39, 0.29) is 47.6 Å². The molecule has 1 aliphatic heterocycles. The Balaban J connectivity index is 0.830. The second-order valence-electron chi connectivity index (χ2n) is 18.0. The zero-order valence-electron chi connectivity index (χ0n) is 38.0. The van der Waals surface area contributed by atoms with Crippen LogP contribution < -0.4 is 35.5 Å². The molecule has 3 N–H and O–H groups in total. The van der Waals surface area contributed by atoms with Crippen molar-refractivity contribution in [3.05, 3.63) is 122 Å². The van der Waals surface area contributed by atoms with E-state index in [4.69, 9.17) is 25.8 Å². The van der Waals surface area contributed by atoms with Crippen molar-refractivity contribution >= 4 is 50.1 Å². The first-order valence-electron chi connectivity index (χ1n) is 21.9. The molecule has 67 heavy (non-hydrogen) atoms. The molecule has 0 radical (unpaired) electrons. The molecular weight excluding hydrogens is 898 g/mol. The van der Waals surface area contributed by atoms with Crippen LogP contribution >= 0.6 is 11.6 Å². The molecule has 1 saturated heterocycles. The molecule has 0 spiro atoms. The van der Waals surface area contributed by atoms with Crippen molar-refractivity contribution in [3.8, 4) is 34.4 Å². The largest absolute Gasteiger partial charge is 0.491 e. The standard InChI is InChI=1S/C48H52ClN9O8S/c1-7-67(62,63)55-31-9-11-39(36(22-31)37-28-56(6)43(61)41-35(37)12-16-51-41)58-19-15-33(24-40(58)59)65-21-20-64-32-13-17-57(18-14-32)46-52-26-30(27-53-46)42(60)54-44-47(2,3)45(48(44,4)5)66-34-10-8-29(25-50)38(49)23-34/h8-12,15-16,19,22-24,26-28,32,44-45,51,55H,7,13-14,17-18,20-21H2,1-6H3,(H,54,60). The van der Waals surface area contributed by atoms with Gasteiger partial charge in [0.2, 0.25) is 16.0 Å². The summed E-state index contributed by atoms with van der Waals surface area (Å²) >= 11 is 6.24.